The third-order valence-electron chi connectivity index (χ3n) is 2.97. The van der Waals surface area contributed by atoms with Crippen LogP contribution in [0, 0.1) is 0 Å². The average Bonchev–Trinajstić information content (AvgIpc) is 2.38. The zero-order chi connectivity index (χ0) is 13.5. The molecule has 0 heterocycles. The molecule has 0 saturated heterocycles. The zero-order valence-electron chi connectivity index (χ0n) is 11.1. The van der Waals surface area contributed by atoms with Crippen LogP contribution >= 0.6 is 12.2 Å². The summed E-state index contributed by atoms with van der Waals surface area (Å²) in [6, 6.07) is 7.58. The molecule has 100 valence electrons. The van der Waals surface area contributed by atoms with E-state index in [0.29, 0.717) is 5.05 Å². The van der Waals surface area contributed by atoms with E-state index in [9.17, 15) is 0 Å². The van der Waals surface area contributed by atoms with E-state index in [1.165, 1.54) is 0 Å². The molecule has 0 aliphatic rings. The molecule has 2 atom stereocenters. The maximum Gasteiger partial charge on any atom is 0.191 e. The van der Waals surface area contributed by atoms with Crippen molar-refractivity contribution in [3.05, 3.63) is 29.8 Å². The fraction of sp³-hybridized carbons (Fsp3) is 0.500. The summed E-state index contributed by atoms with van der Waals surface area (Å²) in [5.74, 6) is 0. The lowest BCUT2D eigenvalue weighted by molar-refractivity contribution is 0.169. The van der Waals surface area contributed by atoms with Gasteiger partial charge in [0.1, 0.15) is 6.10 Å². The maximum atomic E-state index is 5.94. The first-order valence-corrected chi connectivity index (χ1v) is 6.79. The Morgan fingerprint density at radius 3 is 2.33 bits per heavy atom. The Morgan fingerprint density at radius 2 is 1.83 bits per heavy atom. The van der Waals surface area contributed by atoms with Gasteiger partial charge in [0.05, 0.1) is 0 Å². The predicted octanol–water partition coefficient (Wildman–Crippen LogP) is 2.87. The van der Waals surface area contributed by atoms with E-state index in [2.05, 4.69) is 13.8 Å². The monoisotopic (exact) mass is 266 g/mol. The largest absolute Gasteiger partial charge is 0.480 e. The Hall–Kier alpha value is -1.13. The van der Waals surface area contributed by atoms with Gasteiger partial charge in [-0.15, -0.1) is 0 Å². The van der Waals surface area contributed by atoms with Crippen LogP contribution < -0.4 is 11.5 Å². The molecule has 0 aliphatic carbocycles. The summed E-state index contributed by atoms with van der Waals surface area (Å²) < 4.78 is 5.81. The Bertz CT molecular complexity index is 378. The summed E-state index contributed by atoms with van der Waals surface area (Å²) >= 11 is 5.29. The number of hydrogen-bond donors (Lipinski definition) is 2. The van der Waals surface area contributed by atoms with Crippen molar-refractivity contribution in [2.45, 2.75) is 45.3 Å². The lowest BCUT2D eigenvalue weighted by atomic mass is 10.1. The number of hydrogen-bond acceptors (Lipinski definition) is 4. The molecule has 3 nitrogen and oxygen atoms in total. The van der Waals surface area contributed by atoms with Crippen molar-refractivity contribution < 1.29 is 4.74 Å². The molecule has 0 fully saturated rings. The SMILES string of the molecule is CCC(C[C@@H](N)CC)OC(=S)c1ccc(N)cc1. The van der Waals surface area contributed by atoms with Crippen molar-refractivity contribution in [3.8, 4) is 0 Å². The minimum atomic E-state index is 0.0880. The van der Waals surface area contributed by atoms with Crippen LogP contribution in [-0.4, -0.2) is 17.2 Å². The van der Waals surface area contributed by atoms with Gasteiger partial charge in [0, 0.05) is 17.3 Å². The topological polar surface area (TPSA) is 61.3 Å². The quantitative estimate of drug-likeness (QED) is 0.614. The molecule has 4 N–H and O–H groups in total. The first kappa shape index (κ1) is 14.9. The first-order valence-electron chi connectivity index (χ1n) is 6.38. The molecule has 0 amide bonds. The van der Waals surface area contributed by atoms with Crippen LogP contribution in [0.25, 0.3) is 0 Å². The maximum absolute atomic E-state index is 5.94. The second-order valence-electron chi connectivity index (χ2n) is 4.46. The van der Waals surface area contributed by atoms with Gasteiger partial charge in [0.15, 0.2) is 5.05 Å². The average molecular weight is 266 g/mol. The molecule has 1 aromatic rings. The van der Waals surface area contributed by atoms with Crippen molar-refractivity contribution in [3.63, 3.8) is 0 Å². The number of rotatable bonds is 6. The van der Waals surface area contributed by atoms with Crippen molar-refractivity contribution in [2.24, 2.45) is 5.73 Å². The summed E-state index contributed by atoms with van der Waals surface area (Å²) in [5, 5.41) is 0.519. The summed E-state index contributed by atoms with van der Waals surface area (Å²) in [4.78, 5) is 0. The Kier molecular flexibility index (Phi) is 6.09. The van der Waals surface area contributed by atoms with Crippen molar-refractivity contribution in [1.82, 2.24) is 0 Å². The van der Waals surface area contributed by atoms with Crippen molar-refractivity contribution in [2.75, 3.05) is 5.73 Å². The van der Waals surface area contributed by atoms with E-state index >= 15 is 0 Å². The van der Waals surface area contributed by atoms with Crippen molar-refractivity contribution in [1.29, 1.82) is 0 Å². The van der Waals surface area contributed by atoms with E-state index in [1.807, 2.05) is 24.3 Å². The molecule has 1 aromatic carbocycles. The molecule has 0 spiro atoms. The van der Waals surface area contributed by atoms with Gasteiger partial charge in [-0.3, -0.25) is 0 Å². The third kappa shape index (κ3) is 4.63. The van der Waals surface area contributed by atoms with Crippen LogP contribution in [0.15, 0.2) is 24.3 Å². The third-order valence-corrected chi connectivity index (χ3v) is 3.30. The Balaban J connectivity index is 2.59. The van der Waals surface area contributed by atoms with Gasteiger partial charge in [-0.1, -0.05) is 13.8 Å². The second kappa shape index (κ2) is 7.34. The summed E-state index contributed by atoms with van der Waals surface area (Å²) in [5.41, 5.74) is 13.2. The highest BCUT2D eigenvalue weighted by Crippen LogP contribution is 2.14. The van der Waals surface area contributed by atoms with Gasteiger partial charge in [0.25, 0.3) is 0 Å². The van der Waals surface area contributed by atoms with Gasteiger partial charge >= 0.3 is 0 Å². The fourth-order valence-corrected chi connectivity index (χ4v) is 1.91. The summed E-state index contributed by atoms with van der Waals surface area (Å²) in [7, 11) is 0. The van der Waals surface area contributed by atoms with E-state index in [1.54, 1.807) is 0 Å². The molecule has 1 unspecified atom stereocenters. The van der Waals surface area contributed by atoms with Crippen LogP contribution in [0.5, 0.6) is 0 Å². The molecule has 0 radical (unpaired) electrons. The highest BCUT2D eigenvalue weighted by molar-refractivity contribution is 7.80. The van der Waals surface area contributed by atoms with E-state index in [0.717, 1.165) is 30.5 Å². The number of nitrogen functional groups attached to an aromatic ring is 1. The van der Waals surface area contributed by atoms with E-state index in [-0.39, 0.29) is 12.1 Å². The minimum Gasteiger partial charge on any atom is -0.480 e. The second-order valence-corrected chi connectivity index (χ2v) is 4.83. The number of thiocarbonyl (C=S) groups is 1. The minimum absolute atomic E-state index is 0.0880. The number of benzene rings is 1. The van der Waals surface area contributed by atoms with Gasteiger partial charge in [-0.25, -0.2) is 0 Å². The standard InChI is InChI=1S/C14H22N2OS/c1-3-11(15)9-13(4-2)17-14(18)10-5-7-12(16)8-6-10/h5-8,11,13H,3-4,9,15-16H2,1-2H3/t11-,13?/m0/s1. The normalized spacial score (nSPS) is 13.9. The lowest BCUT2D eigenvalue weighted by Crippen LogP contribution is -2.28. The Morgan fingerprint density at radius 1 is 1.22 bits per heavy atom. The van der Waals surface area contributed by atoms with Gasteiger partial charge in [0.2, 0.25) is 0 Å². The number of anilines is 1. The van der Waals surface area contributed by atoms with Crippen LogP contribution in [-0.2, 0) is 4.74 Å². The molecule has 0 saturated carbocycles. The first-order chi connectivity index (χ1) is 8.56. The molecule has 0 bridgehead atoms. The lowest BCUT2D eigenvalue weighted by Gasteiger charge is -2.21. The summed E-state index contributed by atoms with van der Waals surface area (Å²) in [6.45, 7) is 4.16. The predicted molar refractivity (Wildman–Crippen MR) is 80.6 cm³/mol. The number of ether oxygens (including phenoxy) is 1. The summed E-state index contributed by atoms with van der Waals surface area (Å²) in [6.07, 6.45) is 2.78. The number of nitrogens with two attached hydrogens (primary N) is 2. The molecular weight excluding hydrogens is 244 g/mol. The molecule has 0 aromatic heterocycles. The fourth-order valence-electron chi connectivity index (χ4n) is 1.64. The molecule has 4 heteroatoms. The van der Waals surface area contributed by atoms with Crippen LogP contribution in [0.4, 0.5) is 5.69 Å². The molecule has 0 aliphatic heterocycles. The van der Waals surface area contributed by atoms with E-state index in [4.69, 9.17) is 28.4 Å². The van der Waals surface area contributed by atoms with Crippen LogP contribution in [0.2, 0.25) is 0 Å². The van der Waals surface area contributed by atoms with Gasteiger partial charge in [-0.05, 0) is 55.7 Å². The van der Waals surface area contributed by atoms with Crippen LogP contribution in [0.3, 0.4) is 0 Å². The molecular formula is C14H22N2OS. The highest BCUT2D eigenvalue weighted by Gasteiger charge is 2.14. The van der Waals surface area contributed by atoms with E-state index < -0.39 is 0 Å². The highest BCUT2D eigenvalue weighted by atomic mass is 32.1. The smallest absolute Gasteiger partial charge is 0.191 e. The molecule has 1 rings (SSSR count). The van der Waals surface area contributed by atoms with Crippen LogP contribution in [0.1, 0.15) is 38.7 Å². The van der Waals surface area contributed by atoms with Gasteiger partial charge in [-0.2, -0.15) is 0 Å². The zero-order valence-corrected chi connectivity index (χ0v) is 11.9. The molecule has 18 heavy (non-hydrogen) atoms. The van der Waals surface area contributed by atoms with Gasteiger partial charge < -0.3 is 16.2 Å². The Labute approximate surface area is 115 Å². The van der Waals surface area contributed by atoms with Crippen molar-refractivity contribution >= 4 is 23.0 Å².